The fourth-order valence-electron chi connectivity index (χ4n) is 3.83. The lowest BCUT2D eigenvalue weighted by Crippen LogP contribution is -2.53. The van der Waals surface area contributed by atoms with Crippen molar-refractivity contribution < 1.29 is 18.0 Å². The molecule has 1 N–H and O–H groups in total. The number of likely N-dealkylation sites (N-methyl/N-ethyl adjacent to an activating group) is 1. The van der Waals surface area contributed by atoms with Crippen LogP contribution in [0.1, 0.15) is 11.1 Å². The molecular weight excluding hydrogens is 592 g/mol. The summed E-state index contributed by atoms with van der Waals surface area (Å²) in [6, 6.07) is 17.3. The van der Waals surface area contributed by atoms with Crippen molar-refractivity contribution in [3.63, 3.8) is 0 Å². The number of nitrogens with one attached hydrogen (secondary N) is 1. The molecule has 0 heterocycles. The van der Waals surface area contributed by atoms with Gasteiger partial charge in [0.05, 0.1) is 17.0 Å². The Labute approximate surface area is 242 Å². The Morgan fingerprint density at radius 2 is 1.50 bits per heavy atom. The van der Waals surface area contributed by atoms with E-state index in [4.69, 9.17) is 46.4 Å². The standard InChI is InChI=1S/C26H25Cl4N3O4S/c1-31-26(35)24(12-17-6-4-3-5-7-17)32(15-18-8-9-19(27)13-21(18)29)25(34)16-33(38(2,36)37)23-11-10-20(28)14-22(23)30/h3-11,13-14,24H,12,15-16H2,1-2H3,(H,31,35). The SMILES string of the molecule is CNC(=O)C(Cc1ccccc1)N(Cc1ccc(Cl)cc1Cl)C(=O)CN(c1ccc(Cl)cc1Cl)S(C)(=O)=O. The number of carbonyl (C=O) groups excluding carboxylic acids is 2. The van der Waals surface area contributed by atoms with Crippen molar-refractivity contribution in [1.29, 1.82) is 0 Å². The minimum absolute atomic E-state index is 0.0511. The predicted molar refractivity (Wildman–Crippen MR) is 154 cm³/mol. The molecule has 3 rings (SSSR count). The Morgan fingerprint density at radius 3 is 2.05 bits per heavy atom. The van der Waals surface area contributed by atoms with Gasteiger partial charge in [-0.3, -0.25) is 13.9 Å². The number of amides is 2. The molecule has 0 saturated carbocycles. The first-order valence-electron chi connectivity index (χ1n) is 11.3. The first kappa shape index (κ1) is 30.1. The van der Waals surface area contributed by atoms with Crippen molar-refractivity contribution in [3.8, 4) is 0 Å². The molecule has 0 bridgehead atoms. The van der Waals surface area contributed by atoms with Gasteiger partial charge in [0.25, 0.3) is 0 Å². The van der Waals surface area contributed by atoms with Gasteiger partial charge in [0.2, 0.25) is 21.8 Å². The van der Waals surface area contributed by atoms with Gasteiger partial charge < -0.3 is 10.2 Å². The van der Waals surface area contributed by atoms with E-state index in [0.717, 1.165) is 16.1 Å². The van der Waals surface area contributed by atoms with E-state index in [1.807, 2.05) is 30.3 Å². The van der Waals surface area contributed by atoms with Crippen LogP contribution in [0.3, 0.4) is 0 Å². The van der Waals surface area contributed by atoms with Gasteiger partial charge in [-0.15, -0.1) is 0 Å². The van der Waals surface area contributed by atoms with Crippen LogP contribution in [0.2, 0.25) is 20.1 Å². The minimum Gasteiger partial charge on any atom is -0.357 e. The van der Waals surface area contributed by atoms with Crippen molar-refractivity contribution in [2.45, 2.75) is 19.0 Å². The average Bonchev–Trinajstić information content (AvgIpc) is 2.85. The molecule has 0 aliphatic carbocycles. The second-order valence-corrected chi connectivity index (χ2v) is 12.0. The highest BCUT2D eigenvalue weighted by Gasteiger charge is 2.33. The lowest BCUT2D eigenvalue weighted by molar-refractivity contribution is -0.139. The summed E-state index contributed by atoms with van der Waals surface area (Å²) in [7, 11) is -2.50. The number of hydrogen-bond donors (Lipinski definition) is 1. The average molecular weight is 617 g/mol. The second kappa shape index (κ2) is 13.0. The fourth-order valence-corrected chi connectivity index (χ4v) is 5.72. The van der Waals surface area contributed by atoms with Gasteiger partial charge in [0.1, 0.15) is 12.6 Å². The maximum atomic E-state index is 13.9. The molecule has 1 unspecified atom stereocenters. The Morgan fingerprint density at radius 1 is 0.895 bits per heavy atom. The number of rotatable bonds is 10. The zero-order valence-corrected chi connectivity index (χ0v) is 24.3. The summed E-state index contributed by atoms with van der Waals surface area (Å²) in [6.45, 7) is -0.695. The van der Waals surface area contributed by atoms with Crippen LogP contribution in [0.5, 0.6) is 0 Å². The molecule has 0 aromatic heterocycles. The van der Waals surface area contributed by atoms with Crippen LogP contribution >= 0.6 is 46.4 Å². The normalized spacial score (nSPS) is 12.1. The third-order valence-corrected chi connectivity index (χ3v) is 7.98. The second-order valence-electron chi connectivity index (χ2n) is 8.44. The first-order valence-corrected chi connectivity index (χ1v) is 14.7. The molecule has 38 heavy (non-hydrogen) atoms. The molecule has 1 atom stereocenters. The van der Waals surface area contributed by atoms with Gasteiger partial charge >= 0.3 is 0 Å². The van der Waals surface area contributed by atoms with Crippen LogP contribution in [0.25, 0.3) is 0 Å². The highest BCUT2D eigenvalue weighted by molar-refractivity contribution is 7.92. The lowest BCUT2D eigenvalue weighted by Gasteiger charge is -2.33. The van der Waals surface area contributed by atoms with Crippen LogP contribution < -0.4 is 9.62 Å². The zero-order chi connectivity index (χ0) is 28.0. The Bertz CT molecular complexity index is 1420. The molecule has 0 radical (unpaired) electrons. The van der Waals surface area contributed by atoms with E-state index in [2.05, 4.69) is 5.32 Å². The first-order chi connectivity index (χ1) is 17.9. The molecule has 0 spiro atoms. The molecule has 0 fully saturated rings. The lowest BCUT2D eigenvalue weighted by atomic mass is 10.0. The molecule has 0 aliphatic rings. The molecule has 0 aliphatic heterocycles. The van der Waals surface area contributed by atoms with E-state index in [1.54, 1.807) is 12.1 Å². The van der Waals surface area contributed by atoms with Gasteiger partial charge in [-0.05, 0) is 41.5 Å². The zero-order valence-electron chi connectivity index (χ0n) is 20.5. The van der Waals surface area contributed by atoms with E-state index in [1.165, 1.54) is 36.2 Å². The van der Waals surface area contributed by atoms with Crippen LogP contribution in [0.15, 0.2) is 66.7 Å². The summed E-state index contributed by atoms with van der Waals surface area (Å²) in [5.74, 6) is -1.07. The molecule has 0 saturated heterocycles. The molecule has 2 amide bonds. The number of sulfonamides is 1. The molecule has 12 heteroatoms. The van der Waals surface area contributed by atoms with Crippen molar-refractivity contribution >= 4 is 73.9 Å². The summed E-state index contributed by atoms with van der Waals surface area (Å²) >= 11 is 24.7. The maximum absolute atomic E-state index is 13.9. The number of halogens is 4. The number of carbonyl (C=O) groups is 2. The third-order valence-electron chi connectivity index (χ3n) is 5.73. The van der Waals surface area contributed by atoms with Gasteiger partial charge in [-0.25, -0.2) is 8.42 Å². The fraction of sp³-hybridized carbons (Fsp3) is 0.231. The van der Waals surface area contributed by atoms with Gasteiger partial charge in [0.15, 0.2) is 0 Å². The van der Waals surface area contributed by atoms with E-state index < -0.39 is 34.4 Å². The van der Waals surface area contributed by atoms with Gasteiger partial charge in [0, 0.05) is 35.1 Å². The number of benzene rings is 3. The Kier molecular flexibility index (Phi) is 10.3. The highest BCUT2D eigenvalue weighted by Crippen LogP contribution is 2.31. The van der Waals surface area contributed by atoms with Crippen molar-refractivity contribution in [3.05, 3.63) is 97.9 Å². The summed E-state index contributed by atoms with van der Waals surface area (Å²) < 4.78 is 26.4. The van der Waals surface area contributed by atoms with Gasteiger partial charge in [-0.1, -0.05) is 82.8 Å². The van der Waals surface area contributed by atoms with Gasteiger partial charge in [-0.2, -0.15) is 0 Å². The maximum Gasteiger partial charge on any atom is 0.244 e. The monoisotopic (exact) mass is 615 g/mol. The summed E-state index contributed by atoms with van der Waals surface area (Å²) in [5, 5.41) is 3.67. The predicted octanol–water partition coefficient (Wildman–Crippen LogP) is 5.45. The molecule has 202 valence electrons. The molecule has 3 aromatic carbocycles. The van der Waals surface area contributed by atoms with E-state index in [0.29, 0.717) is 20.6 Å². The topological polar surface area (TPSA) is 86.8 Å². The molecule has 3 aromatic rings. The van der Waals surface area contributed by atoms with Crippen LogP contribution in [-0.2, 0) is 32.6 Å². The van der Waals surface area contributed by atoms with Crippen molar-refractivity contribution in [2.24, 2.45) is 0 Å². The van der Waals surface area contributed by atoms with Crippen LogP contribution in [0.4, 0.5) is 5.69 Å². The minimum atomic E-state index is -3.96. The van der Waals surface area contributed by atoms with Crippen LogP contribution in [0, 0.1) is 0 Å². The van der Waals surface area contributed by atoms with E-state index >= 15 is 0 Å². The summed E-state index contributed by atoms with van der Waals surface area (Å²) in [5.41, 5.74) is 1.42. The largest absolute Gasteiger partial charge is 0.357 e. The highest BCUT2D eigenvalue weighted by atomic mass is 35.5. The quantitative estimate of drug-likeness (QED) is 0.328. The molecule has 7 nitrogen and oxygen atoms in total. The van der Waals surface area contributed by atoms with E-state index in [9.17, 15) is 18.0 Å². The van der Waals surface area contributed by atoms with Crippen molar-refractivity contribution in [1.82, 2.24) is 10.2 Å². The van der Waals surface area contributed by atoms with E-state index in [-0.39, 0.29) is 23.7 Å². The smallest absolute Gasteiger partial charge is 0.244 e. The number of nitrogens with zero attached hydrogens (tertiary/aromatic N) is 2. The summed E-state index contributed by atoms with van der Waals surface area (Å²) in [6.07, 6.45) is 1.14. The Hall–Kier alpha value is -2.49. The third kappa shape index (κ3) is 7.77. The van der Waals surface area contributed by atoms with Crippen molar-refractivity contribution in [2.75, 3.05) is 24.2 Å². The molecular formula is C26H25Cl4N3O4S. The Balaban J connectivity index is 2.07. The summed E-state index contributed by atoms with van der Waals surface area (Å²) in [4.78, 5) is 28.3. The van der Waals surface area contributed by atoms with Crippen LogP contribution in [-0.4, -0.2) is 51.0 Å². The number of hydrogen-bond acceptors (Lipinski definition) is 4. The number of anilines is 1.